The lowest BCUT2D eigenvalue weighted by Gasteiger charge is -2.08. The standard InChI is InChI=1S/C22H20O2/c23-16-21(20-11-5-2-6-12-20)14-19-10-7-13-22(15-19)24-17-18-8-3-1-4-9-18/h1-15,23H,16-17H2. The predicted octanol–water partition coefficient (Wildman–Crippen LogP) is 4.80. The summed E-state index contributed by atoms with van der Waals surface area (Å²) in [6.45, 7) is 0.540. The summed E-state index contributed by atoms with van der Waals surface area (Å²) in [5, 5.41) is 9.66. The molecule has 0 fully saturated rings. The molecule has 0 saturated heterocycles. The number of hydrogen-bond acceptors (Lipinski definition) is 2. The van der Waals surface area contributed by atoms with Crippen LogP contribution < -0.4 is 4.74 Å². The molecule has 0 unspecified atom stereocenters. The number of benzene rings is 3. The SMILES string of the molecule is OCC(=Cc1cccc(OCc2ccccc2)c1)c1ccccc1. The second-order valence-corrected chi connectivity index (χ2v) is 5.54. The Morgan fingerprint density at radius 2 is 1.54 bits per heavy atom. The summed E-state index contributed by atoms with van der Waals surface area (Å²) in [4.78, 5) is 0. The highest BCUT2D eigenvalue weighted by atomic mass is 16.5. The van der Waals surface area contributed by atoms with Crippen LogP contribution in [0.1, 0.15) is 16.7 Å². The maximum Gasteiger partial charge on any atom is 0.120 e. The molecule has 2 nitrogen and oxygen atoms in total. The van der Waals surface area contributed by atoms with E-state index in [9.17, 15) is 5.11 Å². The van der Waals surface area contributed by atoms with Gasteiger partial charge in [-0.2, -0.15) is 0 Å². The molecule has 0 aromatic heterocycles. The van der Waals surface area contributed by atoms with Crippen LogP contribution in [-0.4, -0.2) is 11.7 Å². The summed E-state index contributed by atoms with van der Waals surface area (Å²) in [6.07, 6.45) is 1.99. The fraction of sp³-hybridized carbons (Fsp3) is 0.0909. The van der Waals surface area contributed by atoms with E-state index in [0.717, 1.165) is 28.0 Å². The van der Waals surface area contributed by atoms with Gasteiger partial charge < -0.3 is 9.84 Å². The van der Waals surface area contributed by atoms with Crippen molar-refractivity contribution in [2.24, 2.45) is 0 Å². The Bertz CT molecular complexity index is 792. The second-order valence-electron chi connectivity index (χ2n) is 5.54. The predicted molar refractivity (Wildman–Crippen MR) is 98.6 cm³/mol. The van der Waals surface area contributed by atoms with Gasteiger partial charge in [0.1, 0.15) is 12.4 Å². The van der Waals surface area contributed by atoms with E-state index in [4.69, 9.17) is 4.74 Å². The minimum absolute atomic E-state index is 0.000880. The molecule has 3 aromatic rings. The monoisotopic (exact) mass is 316 g/mol. The van der Waals surface area contributed by atoms with Gasteiger partial charge >= 0.3 is 0 Å². The van der Waals surface area contributed by atoms with E-state index < -0.39 is 0 Å². The lowest BCUT2D eigenvalue weighted by atomic mass is 10.0. The van der Waals surface area contributed by atoms with Gasteiger partial charge in [0.2, 0.25) is 0 Å². The Balaban J connectivity index is 1.76. The lowest BCUT2D eigenvalue weighted by Crippen LogP contribution is -1.95. The van der Waals surface area contributed by atoms with E-state index in [1.165, 1.54) is 0 Å². The van der Waals surface area contributed by atoms with Crippen molar-refractivity contribution in [3.05, 3.63) is 102 Å². The molecule has 1 N–H and O–H groups in total. The van der Waals surface area contributed by atoms with Crippen LogP contribution in [0.15, 0.2) is 84.9 Å². The molecule has 0 bridgehead atoms. The summed E-state index contributed by atoms with van der Waals surface area (Å²) in [5.41, 5.74) is 4.05. The molecule has 24 heavy (non-hydrogen) atoms. The third-order valence-electron chi connectivity index (χ3n) is 3.76. The van der Waals surface area contributed by atoms with E-state index in [1.54, 1.807) is 0 Å². The average molecular weight is 316 g/mol. The van der Waals surface area contributed by atoms with E-state index in [1.807, 2.05) is 91.0 Å². The normalized spacial score (nSPS) is 11.3. The van der Waals surface area contributed by atoms with Gasteiger partial charge in [-0.15, -0.1) is 0 Å². The fourth-order valence-electron chi connectivity index (χ4n) is 2.51. The first-order chi connectivity index (χ1) is 11.8. The van der Waals surface area contributed by atoms with Crippen molar-refractivity contribution in [1.29, 1.82) is 0 Å². The molecule has 0 radical (unpaired) electrons. The topological polar surface area (TPSA) is 29.5 Å². The molecule has 0 heterocycles. The number of aliphatic hydroxyl groups is 1. The van der Waals surface area contributed by atoms with Crippen molar-refractivity contribution >= 4 is 11.6 Å². The van der Waals surface area contributed by atoms with Crippen LogP contribution in [0.5, 0.6) is 5.75 Å². The van der Waals surface area contributed by atoms with Gasteiger partial charge in [0, 0.05) is 0 Å². The third kappa shape index (κ3) is 4.34. The lowest BCUT2D eigenvalue weighted by molar-refractivity contribution is 0.306. The molecular weight excluding hydrogens is 296 g/mol. The van der Waals surface area contributed by atoms with Crippen molar-refractivity contribution < 1.29 is 9.84 Å². The first kappa shape index (κ1) is 16.0. The zero-order valence-corrected chi connectivity index (χ0v) is 13.4. The van der Waals surface area contributed by atoms with Gasteiger partial charge in [-0.05, 0) is 40.5 Å². The number of aliphatic hydroxyl groups excluding tert-OH is 1. The third-order valence-corrected chi connectivity index (χ3v) is 3.76. The first-order valence-corrected chi connectivity index (χ1v) is 7.99. The van der Waals surface area contributed by atoms with Crippen LogP contribution in [0.4, 0.5) is 0 Å². The van der Waals surface area contributed by atoms with Crippen molar-refractivity contribution in [2.75, 3.05) is 6.61 Å². The van der Waals surface area contributed by atoms with E-state index in [-0.39, 0.29) is 6.61 Å². The smallest absolute Gasteiger partial charge is 0.120 e. The van der Waals surface area contributed by atoms with Gasteiger partial charge in [0.15, 0.2) is 0 Å². The van der Waals surface area contributed by atoms with Crippen LogP contribution in [0.25, 0.3) is 11.6 Å². The Labute approximate surface area is 142 Å². The van der Waals surface area contributed by atoms with Crippen molar-refractivity contribution in [1.82, 2.24) is 0 Å². The fourth-order valence-corrected chi connectivity index (χ4v) is 2.51. The molecule has 0 spiro atoms. The van der Waals surface area contributed by atoms with E-state index >= 15 is 0 Å². The van der Waals surface area contributed by atoms with Gasteiger partial charge in [-0.3, -0.25) is 0 Å². The molecule has 0 aliphatic rings. The molecule has 0 saturated carbocycles. The Morgan fingerprint density at radius 1 is 0.833 bits per heavy atom. The Kier molecular flexibility index (Phi) is 5.44. The largest absolute Gasteiger partial charge is 0.489 e. The van der Waals surface area contributed by atoms with Gasteiger partial charge in [-0.25, -0.2) is 0 Å². The van der Waals surface area contributed by atoms with Crippen molar-refractivity contribution in [3.8, 4) is 5.75 Å². The van der Waals surface area contributed by atoms with Crippen LogP contribution in [0.2, 0.25) is 0 Å². The summed E-state index contributed by atoms with van der Waals surface area (Å²) in [5.74, 6) is 0.818. The second kappa shape index (κ2) is 8.14. The summed E-state index contributed by atoms with van der Waals surface area (Å²) < 4.78 is 5.86. The van der Waals surface area contributed by atoms with Gasteiger partial charge in [0.25, 0.3) is 0 Å². The highest BCUT2D eigenvalue weighted by Crippen LogP contribution is 2.21. The van der Waals surface area contributed by atoms with Crippen molar-refractivity contribution in [3.63, 3.8) is 0 Å². The molecular formula is C22H20O2. The first-order valence-electron chi connectivity index (χ1n) is 7.99. The summed E-state index contributed by atoms with van der Waals surface area (Å²) in [6, 6.07) is 27.9. The van der Waals surface area contributed by atoms with Crippen LogP contribution in [0, 0.1) is 0 Å². The zero-order valence-electron chi connectivity index (χ0n) is 13.4. The highest BCUT2D eigenvalue weighted by molar-refractivity contribution is 5.82. The van der Waals surface area contributed by atoms with Crippen LogP contribution in [0.3, 0.4) is 0 Å². The zero-order chi connectivity index (χ0) is 16.6. The molecule has 0 aliphatic heterocycles. The number of ether oxygens (including phenoxy) is 1. The Morgan fingerprint density at radius 3 is 2.25 bits per heavy atom. The van der Waals surface area contributed by atoms with Gasteiger partial charge in [-0.1, -0.05) is 72.8 Å². The highest BCUT2D eigenvalue weighted by Gasteiger charge is 2.01. The molecule has 0 aliphatic carbocycles. The molecule has 120 valence electrons. The van der Waals surface area contributed by atoms with E-state index in [2.05, 4.69) is 0 Å². The van der Waals surface area contributed by atoms with Crippen LogP contribution in [-0.2, 0) is 6.61 Å². The average Bonchev–Trinajstić information content (AvgIpc) is 2.66. The minimum Gasteiger partial charge on any atom is -0.489 e. The number of rotatable bonds is 6. The summed E-state index contributed by atoms with van der Waals surface area (Å²) in [7, 11) is 0. The molecule has 3 aromatic carbocycles. The van der Waals surface area contributed by atoms with Crippen LogP contribution >= 0.6 is 0 Å². The van der Waals surface area contributed by atoms with E-state index in [0.29, 0.717) is 6.61 Å². The maximum atomic E-state index is 9.66. The van der Waals surface area contributed by atoms with Gasteiger partial charge in [0.05, 0.1) is 6.61 Å². The quantitative estimate of drug-likeness (QED) is 0.662. The summed E-state index contributed by atoms with van der Waals surface area (Å²) >= 11 is 0. The molecule has 0 atom stereocenters. The maximum absolute atomic E-state index is 9.66. The Hall–Kier alpha value is -2.84. The number of hydrogen-bond donors (Lipinski definition) is 1. The molecule has 0 amide bonds. The molecule has 3 rings (SSSR count). The minimum atomic E-state index is -0.000880. The molecule has 2 heteroatoms. The van der Waals surface area contributed by atoms with Crippen molar-refractivity contribution in [2.45, 2.75) is 6.61 Å².